The Balaban J connectivity index is 1.92. The molecule has 1 amide bonds. The molecular formula is C16H30N2O. The van der Waals surface area contributed by atoms with Crippen molar-refractivity contribution in [2.45, 2.75) is 83.8 Å². The molecule has 0 radical (unpaired) electrons. The summed E-state index contributed by atoms with van der Waals surface area (Å²) in [5, 5.41) is 3.53. The molecule has 0 spiro atoms. The Labute approximate surface area is 118 Å². The van der Waals surface area contributed by atoms with Crippen LogP contribution in [0.2, 0.25) is 0 Å². The van der Waals surface area contributed by atoms with E-state index in [9.17, 15) is 4.79 Å². The zero-order valence-corrected chi connectivity index (χ0v) is 12.9. The largest absolute Gasteiger partial charge is 0.326 e. The lowest BCUT2D eigenvalue weighted by Crippen LogP contribution is -2.43. The summed E-state index contributed by atoms with van der Waals surface area (Å²) in [7, 11) is 0. The third-order valence-electron chi connectivity index (χ3n) is 5.19. The van der Waals surface area contributed by atoms with Crippen molar-refractivity contribution in [2.24, 2.45) is 5.92 Å². The van der Waals surface area contributed by atoms with Crippen molar-refractivity contribution in [2.75, 3.05) is 6.54 Å². The minimum absolute atomic E-state index is 0.251. The molecule has 1 saturated heterocycles. The Hall–Kier alpha value is -0.570. The van der Waals surface area contributed by atoms with Gasteiger partial charge in [-0.2, -0.15) is 0 Å². The van der Waals surface area contributed by atoms with Gasteiger partial charge in [-0.25, -0.2) is 0 Å². The molecule has 1 aliphatic heterocycles. The van der Waals surface area contributed by atoms with E-state index in [2.05, 4.69) is 31.0 Å². The number of hydrogen-bond donors (Lipinski definition) is 1. The van der Waals surface area contributed by atoms with Crippen LogP contribution in [0, 0.1) is 5.92 Å². The summed E-state index contributed by atoms with van der Waals surface area (Å²) in [6.45, 7) is 7.27. The van der Waals surface area contributed by atoms with Gasteiger partial charge in [0.2, 0.25) is 5.91 Å². The number of carbonyl (C=O) groups is 1. The summed E-state index contributed by atoms with van der Waals surface area (Å²) >= 11 is 0. The highest BCUT2D eigenvalue weighted by atomic mass is 16.2. The van der Waals surface area contributed by atoms with Gasteiger partial charge < -0.3 is 4.90 Å². The zero-order valence-electron chi connectivity index (χ0n) is 12.9. The van der Waals surface area contributed by atoms with E-state index in [1.165, 1.54) is 38.5 Å². The second kappa shape index (κ2) is 6.25. The van der Waals surface area contributed by atoms with Crippen LogP contribution in [0.1, 0.15) is 72.1 Å². The van der Waals surface area contributed by atoms with Crippen LogP contribution in [0.3, 0.4) is 0 Å². The molecule has 0 aromatic carbocycles. The molecule has 2 aliphatic rings. The van der Waals surface area contributed by atoms with Gasteiger partial charge >= 0.3 is 0 Å². The van der Waals surface area contributed by atoms with Crippen LogP contribution in [0.4, 0.5) is 0 Å². The van der Waals surface area contributed by atoms with Crippen molar-refractivity contribution in [1.29, 1.82) is 0 Å². The molecule has 1 N–H and O–H groups in total. The van der Waals surface area contributed by atoms with Crippen LogP contribution >= 0.6 is 0 Å². The molecule has 0 aromatic rings. The summed E-state index contributed by atoms with van der Waals surface area (Å²) in [6.07, 6.45) is 10.3. The number of hydrogen-bond acceptors (Lipinski definition) is 2. The lowest BCUT2D eigenvalue weighted by atomic mass is 9.87. The van der Waals surface area contributed by atoms with E-state index in [1.807, 2.05) is 0 Å². The maximum atomic E-state index is 12.6. The molecule has 110 valence electrons. The van der Waals surface area contributed by atoms with E-state index in [0.717, 1.165) is 25.3 Å². The summed E-state index contributed by atoms with van der Waals surface area (Å²) in [5.41, 5.74) is -0.326. The van der Waals surface area contributed by atoms with Crippen LogP contribution in [-0.4, -0.2) is 29.1 Å². The summed E-state index contributed by atoms with van der Waals surface area (Å²) in [4.78, 5) is 14.7. The summed E-state index contributed by atoms with van der Waals surface area (Å²) < 4.78 is 0. The van der Waals surface area contributed by atoms with Gasteiger partial charge in [0.05, 0.1) is 11.7 Å². The molecule has 2 unspecified atom stereocenters. The van der Waals surface area contributed by atoms with Crippen molar-refractivity contribution < 1.29 is 4.79 Å². The average molecular weight is 266 g/mol. The van der Waals surface area contributed by atoms with Gasteiger partial charge in [-0.05, 0) is 32.1 Å². The first kappa shape index (κ1) is 14.8. The predicted octanol–water partition coefficient (Wildman–Crippen LogP) is 3.29. The number of rotatable bonds is 5. The topological polar surface area (TPSA) is 32.3 Å². The average Bonchev–Trinajstić information content (AvgIpc) is 2.70. The molecule has 2 fully saturated rings. The number of nitrogens with one attached hydrogen (secondary N) is 1. The fraction of sp³-hybridized carbons (Fsp3) is 0.938. The van der Waals surface area contributed by atoms with Gasteiger partial charge in [0, 0.05) is 6.54 Å². The van der Waals surface area contributed by atoms with Gasteiger partial charge in [-0.1, -0.05) is 46.0 Å². The maximum Gasteiger partial charge on any atom is 0.243 e. The van der Waals surface area contributed by atoms with Gasteiger partial charge in [-0.3, -0.25) is 10.1 Å². The number of carbonyl (C=O) groups excluding carboxylic acids is 1. The van der Waals surface area contributed by atoms with Crippen molar-refractivity contribution >= 4 is 5.91 Å². The smallest absolute Gasteiger partial charge is 0.243 e. The monoisotopic (exact) mass is 266 g/mol. The first-order valence-corrected chi connectivity index (χ1v) is 8.19. The van der Waals surface area contributed by atoms with Gasteiger partial charge in [0.15, 0.2) is 0 Å². The summed E-state index contributed by atoms with van der Waals surface area (Å²) in [6, 6.07) is 0. The Bertz CT molecular complexity index is 312. The standard InChI is InChI=1S/C16H30N2O/c1-4-14-17-16(3,5-2)15(19)18(14)12-11-13-9-7-6-8-10-13/h13-14,17H,4-12H2,1-3H3. The highest BCUT2D eigenvalue weighted by molar-refractivity contribution is 5.88. The number of nitrogens with zero attached hydrogens (tertiary/aromatic N) is 1. The van der Waals surface area contributed by atoms with Crippen LogP contribution in [-0.2, 0) is 4.79 Å². The summed E-state index contributed by atoms with van der Waals surface area (Å²) in [5.74, 6) is 1.17. The van der Waals surface area contributed by atoms with E-state index >= 15 is 0 Å². The van der Waals surface area contributed by atoms with Crippen LogP contribution in [0.15, 0.2) is 0 Å². The van der Waals surface area contributed by atoms with Crippen LogP contribution < -0.4 is 5.32 Å². The lowest BCUT2D eigenvalue weighted by molar-refractivity contribution is -0.133. The molecule has 1 heterocycles. The lowest BCUT2D eigenvalue weighted by Gasteiger charge is -2.27. The van der Waals surface area contributed by atoms with Gasteiger partial charge in [0.25, 0.3) is 0 Å². The fourth-order valence-electron chi connectivity index (χ4n) is 3.60. The Kier molecular flexibility index (Phi) is 4.88. The molecular weight excluding hydrogens is 236 g/mol. The van der Waals surface area contributed by atoms with Crippen LogP contribution in [0.5, 0.6) is 0 Å². The van der Waals surface area contributed by atoms with Crippen LogP contribution in [0.25, 0.3) is 0 Å². The highest BCUT2D eigenvalue weighted by Gasteiger charge is 2.45. The van der Waals surface area contributed by atoms with Gasteiger partial charge in [-0.15, -0.1) is 0 Å². The van der Waals surface area contributed by atoms with Gasteiger partial charge in [0.1, 0.15) is 0 Å². The van der Waals surface area contributed by atoms with Crippen molar-refractivity contribution in [3.05, 3.63) is 0 Å². The van der Waals surface area contributed by atoms with E-state index in [0.29, 0.717) is 5.91 Å². The quantitative estimate of drug-likeness (QED) is 0.828. The molecule has 0 aromatic heterocycles. The third-order valence-corrected chi connectivity index (χ3v) is 5.19. The first-order chi connectivity index (χ1) is 9.10. The van der Waals surface area contributed by atoms with Crippen molar-refractivity contribution in [3.63, 3.8) is 0 Å². The molecule has 3 nitrogen and oxygen atoms in total. The zero-order chi connectivity index (χ0) is 13.9. The first-order valence-electron chi connectivity index (χ1n) is 8.19. The minimum atomic E-state index is -0.326. The maximum absolute atomic E-state index is 12.6. The molecule has 2 rings (SSSR count). The van der Waals surface area contributed by atoms with E-state index in [4.69, 9.17) is 0 Å². The Morgan fingerprint density at radius 3 is 2.53 bits per heavy atom. The Morgan fingerprint density at radius 2 is 1.95 bits per heavy atom. The molecule has 19 heavy (non-hydrogen) atoms. The second-order valence-electron chi connectivity index (χ2n) is 6.55. The van der Waals surface area contributed by atoms with E-state index < -0.39 is 0 Å². The predicted molar refractivity (Wildman–Crippen MR) is 78.8 cm³/mol. The molecule has 1 aliphatic carbocycles. The highest BCUT2D eigenvalue weighted by Crippen LogP contribution is 2.29. The third kappa shape index (κ3) is 3.13. The molecule has 3 heteroatoms. The number of amides is 1. The fourth-order valence-corrected chi connectivity index (χ4v) is 3.60. The normalized spacial score (nSPS) is 33.1. The second-order valence-corrected chi connectivity index (χ2v) is 6.55. The van der Waals surface area contributed by atoms with E-state index in [-0.39, 0.29) is 11.7 Å². The Morgan fingerprint density at radius 1 is 1.26 bits per heavy atom. The van der Waals surface area contributed by atoms with E-state index in [1.54, 1.807) is 0 Å². The molecule has 1 saturated carbocycles. The molecule has 0 bridgehead atoms. The minimum Gasteiger partial charge on any atom is -0.326 e. The molecule has 2 atom stereocenters. The van der Waals surface area contributed by atoms with Crippen molar-refractivity contribution in [3.8, 4) is 0 Å². The van der Waals surface area contributed by atoms with Crippen molar-refractivity contribution in [1.82, 2.24) is 10.2 Å². The SMILES string of the molecule is CCC1NC(C)(CC)C(=O)N1CCC1CCCCC1.